The summed E-state index contributed by atoms with van der Waals surface area (Å²) < 4.78 is 197. The van der Waals surface area contributed by atoms with E-state index in [1.807, 2.05) is 0 Å². The van der Waals surface area contributed by atoms with Crippen LogP contribution in [-0.2, 0) is 0 Å². The second-order valence-electron chi connectivity index (χ2n) is 11.2. The summed E-state index contributed by atoms with van der Waals surface area (Å²) >= 11 is 0. The summed E-state index contributed by atoms with van der Waals surface area (Å²) in [7, 11) is 0. The minimum atomic E-state index is -0.834. The smallest absolute Gasteiger partial charge is 0.143 e. The maximum atomic E-state index is 9.62. The van der Waals surface area contributed by atoms with Crippen molar-refractivity contribution in [3.63, 3.8) is 0 Å². The van der Waals surface area contributed by atoms with Gasteiger partial charge in [-0.15, -0.1) is 0 Å². The lowest BCUT2D eigenvalue weighted by molar-refractivity contribution is 0.673. The molecular formula is C48H30O. The second-order valence-corrected chi connectivity index (χ2v) is 11.2. The molecule has 228 valence electrons. The zero-order chi connectivity index (χ0) is 50.6. The number of benzene rings is 9. The van der Waals surface area contributed by atoms with E-state index in [-0.39, 0.29) is 27.1 Å². The third kappa shape index (κ3) is 4.33. The van der Waals surface area contributed by atoms with Gasteiger partial charge in [-0.1, -0.05) is 157 Å². The van der Waals surface area contributed by atoms with Crippen LogP contribution in [0, 0.1) is 0 Å². The summed E-state index contributed by atoms with van der Waals surface area (Å²) in [6.45, 7) is 0. The van der Waals surface area contributed by atoms with Crippen molar-refractivity contribution in [2.24, 2.45) is 0 Å². The van der Waals surface area contributed by atoms with Crippen LogP contribution < -0.4 is 0 Å². The van der Waals surface area contributed by atoms with Gasteiger partial charge in [-0.05, 0) is 95.6 Å². The van der Waals surface area contributed by atoms with Gasteiger partial charge in [0.05, 0.1) is 28.8 Å². The summed E-state index contributed by atoms with van der Waals surface area (Å²) in [6, 6.07) is -0.292. The first-order valence-electron chi connectivity index (χ1n) is 25.6. The molecular weight excluding hydrogens is 593 g/mol. The molecule has 0 saturated heterocycles. The molecule has 0 aliphatic carbocycles. The van der Waals surface area contributed by atoms with Gasteiger partial charge in [0, 0.05) is 16.2 Å². The van der Waals surface area contributed by atoms with Crippen molar-refractivity contribution in [3.05, 3.63) is 181 Å². The van der Waals surface area contributed by atoms with Crippen LogP contribution in [0.4, 0.5) is 0 Å². The first-order chi connectivity index (χ1) is 33.1. The van der Waals surface area contributed by atoms with Crippen molar-refractivity contribution in [1.82, 2.24) is 0 Å². The third-order valence-corrected chi connectivity index (χ3v) is 8.53. The normalized spacial score (nSPS) is 17.7. The molecule has 1 nitrogen and oxygen atoms in total. The van der Waals surface area contributed by atoms with Crippen LogP contribution in [0.5, 0.6) is 0 Å². The standard InChI is InChI=1S/C48H30O/c1-3-14-31(15-4-1)33-26-28-36-34(30-33)27-29-43-47-42(24-13-25-44(47)49-48(36)43)46-40-22-11-9-20-38(40)45(39-21-10-12-23-41(39)46)37-19-8-7-18-35(37)32-16-5-2-6-17-32/h1-30H/i1D,3D,4D,9D,10D,11D,12D,13D,14D,15D,20D,21D,22D,23D,24D,25D,26D,27D,28D,29D,30D. The Kier molecular flexibility index (Phi) is 3.16. The Morgan fingerprint density at radius 1 is 0.388 bits per heavy atom. The van der Waals surface area contributed by atoms with Crippen LogP contribution in [-0.4, -0.2) is 0 Å². The predicted molar refractivity (Wildman–Crippen MR) is 208 cm³/mol. The lowest BCUT2D eigenvalue weighted by atomic mass is 9.83. The van der Waals surface area contributed by atoms with E-state index in [4.69, 9.17) is 20.9 Å². The molecule has 1 heterocycles. The molecule has 0 bridgehead atoms. The van der Waals surface area contributed by atoms with Crippen molar-refractivity contribution in [1.29, 1.82) is 0 Å². The van der Waals surface area contributed by atoms with Gasteiger partial charge in [0.15, 0.2) is 0 Å². The summed E-state index contributed by atoms with van der Waals surface area (Å²) in [5.41, 5.74) is -1.74. The van der Waals surface area contributed by atoms with E-state index >= 15 is 0 Å². The van der Waals surface area contributed by atoms with E-state index in [1.165, 1.54) is 0 Å². The molecule has 0 unspecified atom stereocenters. The van der Waals surface area contributed by atoms with Crippen molar-refractivity contribution in [2.45, 2.75) is 0 Å². The molecule has 10 aromatic rings. The van der Waals surface area contributed by atoms with E-state index < -0.39 is 182 Å². The molecule has 9 aromatic carbocycles. The van der Waals surface area contributed by atoms with Crippen LogP contribution in [0.15, 0.2) is 186 Å². The first kappa shape index (κ1) is 14.0. The number of rotatable bonds is 4. The number of furan rings is 1. The van der Waals surface area contributed by atoms with Crippen LogP contribution in [0.3, 0.4) is 0 Å². The number of fused-ring (bicyclic) bond motifs is 7. The van der Waals surface area contributed by atoms with E-state index in [0.29, 0.717) is 16.7 Å². The average molecular weight is 644 g/mol. The summed E-state index contributed by atoms with van der Waals surface area (Å²) in [5.74, 6) is 0. The maximum absolute atomic E-state index is 9.62. The second kappa shape index (κ2) is 11.1. The molecule has 0 radical (unpaired) electrons. The van der Waals surface area contributed by atoms with E-state index in [0.717, 1.165) is 0 Å². The molecule has 0 aliphatic rings. The van der Waals surface area contributed by atoms with Gasteiger partial charge in [0.25, 0.3) is 0 Å². The summed E-state index contributed by atoms with van der Waals surface area (Å²) in [4.78, 5) is 0. The fourth-order valence-electron chi connectivity index (χ4n) is 6.46. The van der Waals surface area contributed by atoms with E-state index in [9.17, 15) is 12.3 Å². The molecule has 10 rings (SSSR count). The van der Waals surface area contributed by atoms with E-state index in [1.54, 1.807) is 54.6 Å². The van der Waals surface area contributed by atoms with Gasteiger partial charge >= 0.3 is 0 Å². The Balaban J connectivity index is 1.48. The van der Waals surface area contributed by atoms with Gasteiger partial charge in [-0.3, -0.25) is 0 Å². The Labute approximate surface area is 313 Å². The third-order valence-electron chi connectivity index (χ3n) is 8.53. The molecule has 0 amide bonds. The quantitative estimate of drug-likeness (QED) is 0.174. The minimum Gasteiger partial charge on any atom is -0.455 e. The Hall–Kier alpha value is -6.44. The highest BCUT2D eigenvalue weighted by Crippen LogP contribution is 2.48. The molecule has 49 heavy (non-hydrogen) atoms. The molecule has 0 saturated carbocycles. The predicted octanol–water partition coefficient (Wildman–Crippen LogP) is 13.7. The molecule has 0 spiro atoms. The molecule has 0 N–H and O–H groups in total. The van der Waals surface area contributed by atoms with Crippen molar-refractivity contribution < 1.29 is 33.2 Å². The number of hydrogen-bond donors (Lipinski definition) is 0. The monoisotopic (exact) mass is 643 g/mol. The highest BCUT2D eigenvalue weighted by molar-refractivity contribution is 6.27. The SMILES string of the molecule is [2H]c1c([2H])c([2H])c(-c2c([2H])c([2H])c3c(c2[2H])c([2H])c([2H])c2c3oc3c([2H])c([2H])c([2H])c(-c4c5c([2H])c([2H])c([2H])c([2H])c5c(-c5ccccc5-c5ccccc5)c5c([2H])c([2H])c([2H])c([2H])c45)c32)c([2H])c1[2H]. The fraction of sp³-hybridized carbons (Fsp3) is 0. The zero-order valence-electron chi connectivity index (χ0n) is 46.1. The van der Waals surface area contributed by atoms with Crippen molar-refractivity contribution in [3.8, 4) is 44.5 Å². The summed E-state index contributed by atoms with van der Waals surface area (Å²) in [6.07, 6.45) is 0. The fourth-order valence-corrected chi connectivity index (χ4v) is 6.46. The lowest BCUT2D eigenvalue weighted by Gasteiger charge is -2.20. The van der Waals surface area contributed by atoms with Gasteiger partial charge in [-0.2, -0.15) is 0 Å². The Morgan fingerprint density at radius 3 is 1.71 bits per heavy atom. The minimum absolute atomic E-state index is 0.0180. The number of hydrogen-bond acceptors (Lipinski definition) is 1. The van der Waals surface area contributed by atoms with E-state index in [2.05, 4.69) is 0 Å². The maximum Gasteiger partial charge on any atom is 0.143 e. The van der Waals surface area contributed by atoms with Crippen molar-refractivity contribution >= 4 is 54.3 Å². The molecule has 1 aromatic heterocycles. The highest BCUT2D eigenvalue weighted by atomic mass is 16.3. The zero-order valence-corrected chi connectivity index (χ0v) is 25.1. The van der Waals surface area contributed by atoms with Gasteiger partial charge in [0.1, 0.15) is 11.2 Å². The van der Waals surface area contributed by atoms with Gasteiger partial charge in [0.2, 0.25) is 0 Å². The highest BCUT2D eigenvalue weighted by Gasteiger charge is 2.22. The average Bonchev–Trinajstić information content (AvgIpc) is 3.75. The van der Waals surface area contributed by atoms with Crippen molar-refractivity contribution in [2.75, 3.05) is 0 Å². The van der Waals surface area contributed by atoms with Gasteiger partial charge < -0.3 is 4.42 Å². The van der Waals surface area contributed by atoms with Crippen LogP contribution in [0.25, 0.3) is 98.8 Å². The molecule has 0 atom stereocenters. The molecule has 0 aliphatic heterocycles. The largest absolute Gasteiger partial charge is 0.455 e. The van der Waals surface area contributed by atoms with Crippen LogP contribution >= 0.6 is 0 Å². The topological polar surface area (TPSA) is 13.1 Å². The Bertz CT molecular complexity index is 3960. The Morgan fingerprint density at radius 2 is 1.00 bits per heavy atom. The summed E-state index contributed by atoms with van der Waals surface area (Å²) in [5, 5.41) is -3.03. The van der Waals surface area contributed by atoms with Crippen LogP contribution in [0.2, 0.25) is 0 Å². The molecule has 0 fully saturated rings. The lowest BCUT2D eigenvalue weighted by Crippen LogP contribution is -1.93. The first-order valence-corrected chi connectivity index (χ1v) is 15.1. The van der Waals surface area contributed by atoms with Crippen LogP contribution in [0.1, 0.15) is 28.8 Å². The molecule has 1 heteroatoms. The van der Waals surface area contributed by atoms with Gasteiger partial charge in [-0.25, -0.2) is 0 Å².